The highest BCUT2D eigenvalue weighted by atomic mass is 32.2. The monoisotopic (exact) mass is 336 g/mol. The molecular weight excluding hydrogens is 312 g/mol. The maximum absolute atomic E-state index is 12.4. The molecule has 0 unspecified atom stereocenters. The van der Waals surface area contributed by atoms with Gasteiger partial charge < -0.3 is 5.32 Å². The van der Waals surface area contributed by atoms with Crippen LogP contribution in [0.15, 0.2) is 30.3 Å². The molecule has 1 N–H and O–H groups in total. The van der Waals surface area contributed by atoms with Crippen LogP contribution in [0.25, 0.3) is 0 Å². The molecule has 5 nitrogen and oxygen atoms in total. The van der Waals surface area contributed by atoms with Gasteiger partial charge in [0.1, 0.15) is 0 Å². The number of hydrogen-bond acceptors (Lipinski definition) is 4. The number of benzene rings is 1. The Morgan fingerprint density at radius 3 is 2.65 bits per heavy atom. The van der Waals surface area contributed by atoms with Gasteiger partial charge in [0.15, 0.2) is 9.84 Å². The Hall–Kier alpha value is -1.40. The quantitative estimate of drug-likeness (QED) is 0.896. The van der Waals surface area contributed by atoms with Crippen LogP contribution in [0.4, 0.5) is 0 Å². The Bertz CT molecular complexity index is 660. The minimum absolute atomic E-state index is 0.0548. The first-order chi connectivity index (χ1) is 10.9. The van der Waals surface area contributed by atoms with Crippen molar-refractivity contribution in [2.45, 2.75) is 37.8 Å². The summed E-state index contributed by atoms with van der Waals surface area (Å²) in [5, 5.41) is 2.91. The third-order valence-corrected chi connectivity index (χ3v) is 6.76. The van der Waals surface area contributed by atoms with E-state index < -0.39 is 9.84 Å². The summed E-state index contributed by atoms with van der Waals surface area (Å²) >= 11 is 0. The van der Waals surface area contributed by atoms with Crippen LogP contribution >= 0.6 is 0 Å². The van der Waals surface area contributed by atoms with Gasteiger partial charge in [0.2, 0.25) is 5.91 Å². The van der Waals surface area contributed by atoms with Crippen LogP contribution in [0.1, 0.15) is 31.2 Å². The lowest BCUT2D eigenvalue weighted by atomic mass is 9.99. The fourth-order valence-corrected chi connectivity index (χ4v) is 5.21. The van der Waals surface area contributed by atoms with Gasteiger partial charge in [-0.15, -0.1) is 0 Å². The molecule has 0 radical (unpaired) electrons. The van der Waals surface area contributed by atoms with Crippen molar-refractivity contribution >= 4 is 15.7 Å². The van der Waals surface area contributed by atoms with Gasteiger partial charge >= 0.3 is 0 Å². The molecule has 2 heterocycles. The number of amides is 1. The number of likely N-dealkylation sites (tertiary alicyclic amines) is 1. The summed E-state index contributed by atoms with van der Waals surface area (Å²) in [5.74, 6) is 0.684. The fraction of sp³-hybridized carbons (Fsp3) is 0.588. The van der Waals surface area contributed by atoms with E-state index in [2.05, 4.69) is 34.5 Å². The first kappa shape index (κ1) is 16.5. The number of carbonyl (C=O) groups is 1. The Morgan fingerprint density at radius 2 is 2.00 bits per heavy atom. The van der Waals surface area contributed by atoms with Gasteiger partial charge in [-0.2, -0.15) is 0 Å². The molecule has 0 spiro atoms. The Labute approximate surface area is 138 Å². The average molecular weight is 336 g/mol. The van der Waals surface area contributed by atoms with Crippen LogP contribution < -0.4 is 5.32 Å². The maximum Gasteiger partial charge on any atom is 0.237 e. The van der Waals surface area contributed by atoms with Crippen LogP contribution in [0.2, 0.25) is 0 Å². The smallest absolute Gasteiger partial charge is 0.237 e. The summed E-state index contributed by atoms with van der Waals surface area (Å²) in [6, 6.07) is 9.96. The summed E-state index contributed by atoms with van der Waals surface area (Å²) in [5.41, 5.74) is 1.32. The highest BCUT2D eigenvalue weighted by molar-refractivity contribution is 7.91. The van der Waals surface area contributed by atoms with E-state index in [9.17, 15) is 13.2 Å². The predicted octanol–water partition coefficient (Wildman–Crippen LogP) is 1.17. The molecule has 23 heavy (non-hydrogen) atoms. The van der Waals surface area contributed by atoms with Gasteiger partial charge in [0.25, 0.3) is 0 Å². The molecule has 1 aromatic carbocycles. The lowest BCUT2D eigenvalue weighted by Crippen LogP contribution is -2.47. The van der Waals surface area contributed by atoms with Crippen molar-refractivity contribution in [1.82, 2.24) is 10.2 Å². The van der Waals surface area contributed by atoms with Crippen molar-refractivity contribution in [3.63, 3.8) is 0 Å². The normalized spacial score (nSPS) is 28.6. The molecule has 1 aromatic rings. The van der Waals surface area contributed by atoms with E-state index in [-0.39, 0.29) is 29.5 Å². The zero-order valence-corrected chi connectivity index (χ0v) is 14.3. The Kier molecular flexibility index (Phi) is 4.73. The number of carbonyl (C=O) groups excluding carboxylic acids is 1. The second kappa shape index (κ2) is 6.61. The van der Waals surface area contributed by atoms with Crippen molar-refractivity contribution in [2.75, 3.05) is 24.6 Å². The summed E-state index contributed by atoms with van der Waals surface area (Å²) in [7, 11) is -2.96. The summed E-state index contributed by atoms with van der Waals surface area (Å²) < 4.78 is 23.0. The molecule has 3 rings (SSSR count). The van der Waals surface area contributed by atoms with E-state index in [0.29, 0.717) is 12.3 Å². The van der Waals surface area contributed by atoms with Crippen LogP contribution in [0.3, 0.4) is 0 Å². The molecule has 3 atom stereocenters. The second-order valence-electron chi connectivity index (χ2n) is 6.68. The maximum atomic E-state index is 12.4. The number of hydrogen-bond donors (Lipinski definition) is 1. The van der Waals surface area contributed by atoms with Crippen molar-refractivity contribution < 1.29 is 13.2 Å². The largest absolute Gasteiger partial charge is 0.351 e. The molecule has 0 saturated carbocycles. The number of sulfone groups is 1. The molecule has 6 heteroatoms. The molecule has 2 fully saturated rings. The molecule has 2 aliphatic rings. The first-order valence-electron chi connectivity index (χ1n) is 8.24. The summed E-state index contributed by atoms with van der Waals surface area (Å²) in [4.78, 5) is 14.6. The van der Waals surface area contributed by atoms with E-state index >= 15 is 0 Å². The molecule has 2 aliphatic heterocycles. The lowest BCUT2D eigenvalue weighted by Gasteiger charge is -2.25. The van der Waals surface area contributed by atoms with Crippen LogP contribution in [-0.2, 0) is 14.6 Å². The van der Waals surface area contributed by atoms with E-state index in [0.717, 1.165) is 19.5 Å². The highest BCUT2D eigenvalue weighted by Gasteiger charge is 2.33. The number of rotatable bonds is 4. The molecule has 126 valence electrons. The molecular formula is C17H24N2O3S. The first-order valence-corrected chi connectivity index (χ1v) is 10.1. The van der Waals surface area contributed by atoms with Gasteiger partial charge in [-0.05, 0) is 37.8 Å². The molecule has 0 aromatic heterocycles. The van der Waals surface area contributed by atoms with Gasteiger partial charge in [0.05, 0.1) is 17.5 Å². The lowest BCUT2D eigenvalue weighted by molar-refractivity contribution is -0.126. The molecule has 1 amide bonds. The van der Waals surface area contributed by atoms with Gasteiger partial charge in [-0.1, -0.05) is 30.3 Å². The standard InChI is InChI=1S/C17H24N2O3S/c1-13(17(20)18-16-8-10-23(21,22)12-16)19-9-7-15(11-19)14-5-3-2-4-6-14/h2-6,13,15-16H,7-12H2,1H3,(H,18,20)/t13-,15-,16-/m1/s1. The van der Waals surface area contributed by atoms with E-state index in [1.165, 1.54) is 5.56 Å². The molecule has 2 saturated heterocycles. The highest BCUT2D eigenvalue weighted by Crippen LogP contribution is 2.28. The van der Waals surface area contributed by atoms with Crippen LogP contribution in [-0.4, -0.2) is 55.9 Å². The zero-order chi connectivity index (χ0) is 16.4. The van der Waals surface area contributed by atoms with Gasteiger partial charge in [-0.25, -0.2) is 8.42 Å². The summed E-state index contributed by atoms with van der Waals surface area (Å²) in [6.07, 6.45) is 1.59. The van der Waals surface area contributed by atoms with Crippen LogP contribution in [0.5, 0.6) is 0 Å². The topological polar surface area (TPSA) is 66.5 Å². The molecule has 0 bridgehead atoms. The van der Waals surface area contributed by atoms with Crippen molar-refractivity contribution in [3.8, 4) is 0 Å². The van der Waals surface area contributed by atoms with Crippen molar-refractivity contribution in [3.05, 3.63) is 35.9 Å². The number of nitrogens with zero attached hydrogens (tertiary/aromatic N) is 1. The van der Waals surface area contributed by atoms with Crippen molar-refractivity contribution in [2.24, 2.45) is 0 Å². The van der Waals surface area contributed by atoms with E-state index in [1.54, 1.807) is 0 Å². The second-order valence-corrected chi connectivity index (χ2v) is 8.90. The third kappa shape index (κ3) is 3.93. The van der Waals surface area contributed by atoms with Crippen LogP contribution in [0, 0.1) is 0 Å². The SMILES string of the molecule is C[C@H](C(=O)N[C@@H]1CCS(=O)(=O)C1)N1CC[C@@H](c2ccccc2)C1. The number of nitrogens with one attached hydrogen (secondary N) is 1. The molecule has 0 aliphatic carbocycles. The summed E-state index contributed by atoms with van der Waals surface area (Å²) in [6.45, 7) is 3.69. The third-order valence-electron chi connectivity index (χ3n) is 5.00. The minimum Gasteiger partial charge on any atom is -0.351 e. The Balaban J connectivity index is 1.54. The average Bonchev–Trinajstić information content (AvgIpc) is 3.14. The predicted molar refractivity (Wildman–Crippen MR) is 90.0 cm³/mol. The fourth-order valence-electron chi connectivity index (χ4n) is 3.53. The van der Waals surface area contributed by atoms with E-state index in [4.69, 9.17) is 0 Å². The van der Waals surface area contributed by atoms with Crippen molar-refractivity contribution in [1.29, 1.82) is 0 Å². The van der Waals surface area contributed by atoms with Gasteiger partial charge in [-0.3, -0.25) is 9.69 Å². The van der Waals surface area contributed by atoms with E-state index in [1.807, 2.05) is 13.0 Å². The zero-order valence-electron chi connectivity index (χ0n) is 13.4. The minimum atomic E-state index is -2.96. The Morgan fingerprint density at radius 1 is 1.26 bits per heavy atom. The van der Waals surface area contributed by atoms with Gasteiger partial charge in [0, 0.05) is 12.6 Å².